The zero-order valence-corrected chi connectivity index (χ0v) is 26.5. The molecule has 7 nitrogen and oxygen atoms in total. The smallest absolute Gasteiger partial charge is 0.308 e. The summed E-state index contributed by atoms with van der Waals surface area (Å²) in [5.41, 5.74) is 1.92. The lowest BCUT2D eigenvalue weighted by molar-refractivity contribution is -0.123. The van der Waals surface area contributed by atoms with Crippen molar-refractivity contribution in [1.29, 1.82) is 0 Å². The zero-order valence-electron chi connectivity index (χ0n) is 23.4. The Hall–Kier alpha value is -3.44. The van der Waals surface area contributed by atoms with Crippen LogP contribution in [0.5, 0.6) is 0 Å². The number of nitrogens with one attached hydrogen (secondary N) is 1. The number of nitrogens with zero attached hydrogens (tertiary/aromatic N) is 2. The Morgan fingerprint density at radius 1 is 0.867 bits per heavy atom. The van der Waals surface area contributed by atoms with Crippen LogP contribution in [0.2, 0.25) is 10.0 Å². The van der Waals surface area contributed by atoms with Crippen LogP contribution in [-0.4, -0.2) is 27.5 Å². The van der Waals surface area contributed by atoms with Gasteiger partial charge in [0, 0.05) is 31.8 Å². The maximum absolute atomic E-state index is 14.1. The van der Waals surface area contributed by atoms with Crippen molar-refractivity contribution in [2.45, 2.75) is 29.2 Å². The van der Waals surface area contributed by atoms with Crippen LogP contribution in [0.3, 0.4) is 0 Å². The first kappa shape index (κ1) is 29.0. The van der Waals surface area contributed by atoms with E-state index in [4.69, 9.17) is 23.2 Å². The first-order valence-corrected chi connectivity index (χ1v) is 17.0. The van der Waals surface area contributed by atoms with Crippen LogP contribution in [0, 0.1) is 35.4 Å². The average molecular weight is 681 g/mol. The van der Waals surface area contributed by atoms with E-state index in [1.165, 1.54) is 21.6 Å². The van der Waals surface area contributed by atoms with Gasteiger partial charge in [-0.15, -0.1) is 11.8 Å². The number of hydrogen-bond acceptors (Lipinski definition) is 6. The van der Waals surface area contributed by atoms with Gasteiger partial charge in [-0.1, -0.05) is 46.7 Å². The Morgan fingerprint density at radius 2 is 1.49 bits per heavy atom. The number of amides is 3. The molecular weight excluding hydrogens is 656 g/mol. The largest absolute Gasteiger partial charge is 0.325 e. The van der Waals surface area contributed by atoms with Gasteiger partial charge in [-0.3, -0.25) is 28.6 Å². The molecule has 0 unspecified atom stereocenters. The number of carbonyl (C=O) groups is 3. The van der Waals surface area contributed by atoms with Gasteiger partial charge in [0.2, 0.25) is 17.7 Å². The van der Waals surface area contributed by atoms with E-state index >= 15 is 0 Å². The molecule has 7 atom stereocenters. The summed E-state index contributed by atoms with van der Waals surface area (Å²) in [6, 6.07) is 19.7. The van der Waals surface area contributed by atoms with E-state index in [1.807, 2.05) is 0 Å². The molecule has 1 aromatic heterocycles. The first-order valence-electron chi connectivity index (χ1n) is 14.5. The number of halogens is 3. The van der Waals surface area contributed by atoms with Gasteiger partial charge in [0.25, 0.3) is 0 Å². The van der Waals surface area contributed by atoms with Crippen molar-refractivity contribution < 1.29 is 18.8 Å². The number of anilines is 2. The molecule has 3 amide bonds. The maximum Gasteiger partial charge on any atom is 0.308 e. The lowest BCUT2D eigenvalue weighted by Crippen LogP contribution is -2.43. The molecule has 2 saturated carbocycles. The molecule has 2 aliphatic carbocycles. The molecule has 228 valence electrons. The molecule has 3 fully saturated rings. The SMILES string of the molecule is O=C(Cn1c2c(sc1=O)[C@H](c1ccc(F)cc1)[C@@H]1[C@H]3C[C@@H]([C@@H]1S2)[C@@H]1C(=O)N(c2ccc(Cl)cc2)C(=O)[C@@H]31)Nc1ccc(Cl)cc1. The van der Waals surface area contributed by atoms with Crippen molar-refractivity contribution in [3.05, 3.63) is 109 Å². The minimum absolute atomic E-state index is 0.0458. The van der Waals surface area contributed by atoms with Crippen molar-refractivity contribution in [2.75, 3.05) is 10.2 Å². The third kappa shape index (κ3) is 4.60. The lowest BCUT2D eigenvalue weighted by Gasteiger charge is -2.43. The van der Waals surface area contributed by atoms with Crippen LogP contribution in [0.4, 0.5) is 15.8 Å². The minimum Gasteiger partial charge on any atom is -0.325 e. The van der Waals surface area contributed by atoms with Gasteiger partial charge in [0.1, 0.15) is 12.4 Å². The topological polar surface area (TPSA) is 88.5 Å². The van der Waals surface area contributed by atoms with Crippen LogP contribution in [0.25, 0.3) is 0 Å². The predicted molar refractivity (Wildman–Crippen MR) is 173 cm³/mol. The Labute approximate surface area is 275 Å². The Morgan fingerprint density at radius 3 is 2.16 bits per heavy atom. The number of thiazole rings is 1. The second kappa shape index (κ2) is 10.8. The molecule has 1 N–H and O–H groups in total. The molecule has 4 aliphatic rings. The molecule has 4 aromatic rings. The lowest BCUT2D eigenvalue weighted by atomic mass is 9.68. The van der Waals surface area contributed by atoms with E-state index in [0.29, 0.717) is 26.4 Å². The summed E-state index contributed by atoms with van der Waals surface area (Å²) in [6.07, 6.45) is 0.720. The highest BCUT2D eigenvalue weighted by Crippen LogP contribution is 2.69. The van der Waals surface area contributed by atoms with Gasteiger partial charge < -0.3 is 5.32 Å². The second-order valence-electron chi connectivity index (χ2n) is 12.0. The van der Waals surface area contributed by atoms with E-state index in [0.717, 1.165) is 28.2 Å². The van der Waals surface area contributed by atoms with Gasteiger partial charge in [0.15, 0.2) is 0 Å². The highest BCUT2D eigenvalue weighted by molar-refractivity contribution is 8.00. The highest BCUT2D eigenvalue weighted by atomic mass is 35.5. The summed E-state index contributed by atoms with van der Waals surface area (Å²) in [6.45, 7) is -0.185. The zero-order chi connectivity index (χ0) is 31.1. The average Bonchev–Trinajstić information content (AvgIpc) is 3.74. The number of thioether (sulfide) groups is 1. The van der Waals surface area contributed by atoms with Crippen molar-refractivity contribution in [3.63, 3.8) is 0 Å². The van der Waals surface area contributed by atoms with Crippen molar-refractivity contribution in [1.82, 2.24) is 4.57 Å². The van der Waals surface area contributed by atoms with Crippen LogP contribution in [0.15, 0.2) is 82.6 Å². The molecule has 8 rings (SSSR count). The summed E-state index contributed by atoms with van der Waals surface area (Å²) in [4.78, 5) is 56.3. The quantitative estimate of drug-likeness (QED) is 0.238. The van der Waals surface area contributed by atoms with Crippen molar-refractivity contribution >= 4 is 75.4 Å². The maximum atomic E-state index is 14.1. The second-order valence-corrected chi connectivity index (χ2v) is 15.0. The van der Waals surface area contributed by atoms with Crippen molar-refractivity contribution in [3.8, 4) is 0 Å². The van der Waals surface area contributed by atoms with E-state index in [9.17, 15) is 23.6 Å². The highest BCUT2D eigenvalue weighted by Gasteiger charge is 2.69. The third-order valence-corrected chi connectivity index (χ3v) is 13.0. The molecule has 1 saturated heterocycles. The van der Waals surface area contributed by atoms with Gasteiger partial charge in [-0.2, -0.15) is 0 Å². The molecule has 0 spiro atoms. The number of carbonyl (C=O) groups excluding carboxylic acids is 3. The first-order chi connectivity index (χ1) is 21.7. The fraction of sp³-hybridized carbons (Fsp3) is 0.273. The van der Waals surface area contributed by atoms with Gasteiger partial charge in [0.05, 0.1) is 22.5 Å². The number of benzene rings is 3. The molecule has 12 heteroatoms. The van der Waals surface area contributed by atoms with E-state index < -0.39 is 11.8 Å². The summed E-state index contributed by atoms with van der Waals surface area (Å²) in [7, 11) is 0. The van der Waals surface area contributed by atoms with Crippen LogP contribution >= 0.6 is 46.3 Å². The third-order valence-electron chi connectivity index (χ3n) is 9.69. The van der Waals surface area contributed by atoms with Gasteiger partial charge >= 0.3 is 4.87 Å². The molecule has 3 heterocycles. The fourth-order valence-electron chi connectivity index (χ4n) is 8.02. The number of hydrogen-bond donors (Lipinski definition) is 1. The standard InChI is InChI=1S/C33H24Cl2FN3O4S2/c34-16-3-9-19(10-4-16)37-23(40)14-38-32-29(45-33(38)43)24(15-1-7-18(36)8-2-15)25-21-13-22(28(25)44-32)27-26(21)30(41)39(31(27)42)20-11-5-17(35)6-12-20/h1-12,21-22,24-28H,13-14H2,(H,37,40)/t21-,22-,24-,25+,26+,27+,28+/m1/s1. The number of aromatic nitrogens is 1. The number of rotatable bonds is 5. The summed E-state index contributed by atoms with van der Waals surface area (Å²) in [5.74, 6) is -2.56. The molecular formula is C33H24Cl2FN3O4S2. The fourth-order valence-corrected chi connectivity index (χ4v) is 11.4. The summed E-state index contributed by atoms with van der Waals surface area (Å²) >= 11 is 14.7. The van der Waals surface area contributed by atoms with E-state index in [-0.39, 0.29) is 63.9 Å². The molecule has 45 heavy (non-hydrogen) atoms. The van der Waals surface area contributed by atoms with Crippen LogP contribution in [0.1, 0.15) is 22.8 Å². The number of imide groups is 1. The minimum atomic E-state index is -0.464. The Balaban J connectivity index is 1.17. The summed E-state index contributed by atoms with van der Waals surface area (Å²) in [5, 5.41) is 4.51. The van der Waals surface area contributed by atoms with Crippen LogP contribution in [-0.2, 0) is 20.9 Å². The van der Waals surface area contributed by atoms with Crippen molar-refractivity contribution in [2.24, 2.45) is 29.6 Å². The Bertz CT molecular complexity index is 1930. The molecule has 0 radical (unpaired) electrons. The summed E-state index contributed by atoms with van der Waals surface area (Å²) < 4.78 is 15.6. The van der Waals surface area contributed by atoms with Crippen LogP contribution < -0.4 is 15.1 Å². The molecule has 2 bridgehead atoms. The van der Waals surface area contributed by atoms with Gasteiger partial charge in [-0.05, 0) is 90.4 Å². The molecule has 3 aromatic carbocycles. The Kier molecular flexibility index (Phi) is 6.98. The van der Waals surface area contributed by atoms with E-state index in [2.05, 4.69) is 5.32 Å². The normalized spacial score (nSPS) is 27.8. The van der Waals surface area contributed by atoms with Gasteiger partial charge in [-0.25, -0.2) is 4.39 Å². The number of fused-ring (bicyclic) bond motifs is 9. The molecule has 2 aliphatic heterocycles. The predicted octanol–water partition coefficient (Wildman–Crippen LogP) is 6.67. The monoisotopic (exact) mass is 679 g/mol. The van der Waals surface area contributed by atoms with E-state index in [1.54, 1.807) is 72.4 Å².